The van der Waals surface area contributed by atoms with E-state index in [0.717, 1.165) is 30.6 Å². The van der Waals surface area contributed by atoms with Gasteiger partial charge in [-0.25, -0.2) is 0 Å². The number of rotatable bonds is 0. The second-order valence-electron chi connectivity index (χ2n) is 9.78. The van der Waals surface area contributed by atoms with Crippen LogP contribution < -0.4 is 0 Å². The van der Waals surface area contributed by atoms with E-state index in [4.69, 9.17) is 0 Å². The lowest BCUT2D eigenvalue weighted by Gasteiger charge is -2.59. The molecule has 1 heteroatoms. The highest BCUT2D eigenvalue weighted by molar-refractivity contribution is 5.89. The third-order valence-electron chi connectivity index (χ3n) is 8.49. The van der Waals surface area contributed by atoms with Crippen molar-refractivity contribution < 1.29 is 4.79 Å². The van der Waals surface area contributed by atoms with Crippen molar-refractivity contribution in [2.24, 2.45) is 34.0 Å². The molecule has 4 aliphatic rings. The first-order valence-corrected chi connectivity index (χ1v) is 9.53. The highest BCUT2D eigenvalue weighted by Gasteiger charge is 2.58. The number of fused-ring (bicyclic) bond motifs is 5. The summed E-state index contributed by atoms with van der Waals surface area (Å²) in [6, 6.07) is 0. The fourth-order valence-corrected chi connectivity index (χ4v) is 7.21. The SMILES string of the molecule is CC1(C)C(=O)CCC2(C)C1=CCC1C3CCCC3(C)CCC12. The summed E-state index contributed by atoms with van der Waals surface area (Å²) < 4.78 is 0. The molecule has 0 aromatic rings. The van der Waals surface area contributed by atoms with Gasteiger partial charge in [-0.1, -0.05) is 31.9 Å². The molecule has 1 nitrogen and oxygen atoms in total. The van der Waals surface area contributed by atoms with Crippen LogP contribution in [0.5, 0.6) is 0 Å². The van der Waals surface area contributed by atoms with E-state index in [1.54, 1.807) is 0 Å². The summed E-state index contributed by atoms with van der Waals surface area (Å²) in [6.45, 7) is 9.43. The predicted molar refractivity (Wildman–Crippen MR) is 90.5 cm³/mol. The summed E-state index contributed by atoms with van der Waals surface area (Å²) in [4.78, 5) is 12.5. The van der Waals surface area contributed by atoms with Crippen molar-refractivity contribution in [3.63, 3.8) is 0 Å². The largest absolute Gasteiger partial charge is 0.299 e. The Labute approximate surface area is 135 Å². The van der Waals surface area contributed by atoms with E-state index in [1.807, 2.05) is 0 Å². The van der Waals surface area contributed by atoms with E-state index in [0.29, 0.717) is 16.6 Å². The maximum absolute atomic E-state index is 12.5. The molecule has 4 rings (SSSR count). The summed E-state index contributed by atoms with van der Waals surface area (Å²) in [5, 5.41) is 0. The Bertz CT molecular complexity index is 542. The first-order chi connectivity index (χ1) is 10.3. The Morgan fingerprint density at radius 1 is 1.00 bits per heavy atom. The van der Waals surface area contributed by atoms with Crippen LogP contribution in [-0.2, 0) is 4.79 Å². The second kappa shape index (κ2) is 4.48. The summed E-state index contributed by atoms with van der Waals surface area (Å²) >= 11 is 0. The number of carbonyl (C=O) groups is 1. The van der Waals surface area contributed by atoms with Gasteiger partial charge in [-0.2, -0.15) is 0 Å². The molecule has 22 heavy (non-hydrogen) atoms. The molecule has 3 saturated carbocycles. The molecule has 5 unspecified atom stereocenters. The fraction of sp³-hybridized carbons (Fsp3) is 0.857. The third kappa shape index (κ3) is 1.74. The van der Waals surface area contributed by atoms with Gasteiger partial charge in [0, 0.05) is 11.8 Å². The van der Waals surface area contributed by atoms with Crippen molar-refractivity contribution in [1.82, 2.24) is 0 Å². The fourth-order valence-electron chi connectivity index (χ4n) is 7.21. The predicted octanol–water partition coefficient (Wildman–Crippen LogP) is 5.54. The number of Topliss-reactive ketones (excluding diaryl/α,β-unsaturated/α-hetero) is 1. The molecule has 0 aliphatic heterocycles. The Balaban J connectivity index is 1.75. The lowest BCUT2D eigenvalue weighted by atomic mass is 9.45. The molecule has 0 radical (unpaired) electrons. The zero-order valence-corrected chi connectivity index (χ0v) is 14.9. The monoisotopic (exact) mass is 300 g/mol. The van der Waals surface area contributed by atoms with Crippen LogP contribution in [0.25, 0.3) is 0 Å². The van der Waals surface area contributed by atoms with Gasteiger partial charge in [-0.15, -0.1) is 0 Å². The summed E-state index contributed by atoms with van der Waals surface area (Å²) in [5.41, 5.74) is 2.21. The minimum absolute atomic E-state index is 0.214. The van der Waals surface area contributed by atoms with E-state index in [9.17, 15) is 4.79 Å². The number of carbonyl (C=O) groups excluding carboxylic acids is 1. The number of allylic oxidation sites excluding steroid dienone is 2. The van der Waals surface area contributed by atoms with E-state index < -0.39 is 0 Å². The number of hydrogen-bond acceptors (Lipinski definition) is 1. The molecule has 4 aliphatic carbocycles. The maximum atomic E-state index is 12.5. The van der Waals surface area contributed by atoms with E-state index >= 15 is 0 Å². The molecule has 0 aromatic heterocycles. The van der Waals surface area contributed by atoms with Gasteiger partial charge in [0.15, 0.2) is 0 Å². The molecule has 0 bridgehead atoms. The highest BCUT2D eigenvalue weighted by Crippen LogP contribution is 2.66. The standard InChI is InChI=1S/C21H32O/c1-19(2)17-8-7-14-15-6-5-11-20(15,3)12-9-16(14)21(17,4)13-10-18(19)22/h8,14-16H,5-7,9-13H2,1-4H3. The second-order valence-corrected chi connectivity index (χ2v) is 9.78. The Morgan fingerprint density at radius 2 is 1.77 bits per heavy atom. The van der Waals surface area contributed by atoms with Gasteiger partial charge < -0.3 is 0 Å². The van der Waals surface area contributed by atoms with Gasteiger partial charge >= 0.3 is 0 Å². The molecule has 0 spiro atoms. The van der Waals surface area contributed by atoms with Gasteiger partial charge in [0.25, 0.3) is 0 Å². The normalized spacial score (nSPS) is 49.9. The number of hydrogen-bond donors (Lipinski definition) is 0. The molecular weight excluding hydrogens is 268 g/mol. The maximum Gasteiger partial charge on any atom is 0.142 e. The van der Waals surface area contributed by atoms with E-state index in [-0.39, 0.29) is 5.41 Å². The Kier molecular flexibility index (Phi) is 3.05. The minimum Gasteiger partial charge on any atom is -0.299 e. The average Bonchev–Trinajstić information content (AvgIpc) is 2.85. The van der Waals surface area contributed by atoms with Crippen LogP contribution in [0.3, 0.4) is 0 Å². The van der Waals surface area contributed by atoms with Crippen LogP contribution in [-0.4, -0.2) is 5.78 Å². The molecule has 0 amide bonds. The topological polar surface area (TPSA) is 17.1 Å². The van der Waals surface area contributed by atoms with Gasteiger partial charge in [0.2, 0.25) is 0 Å². The van der Waals surface area contributed by atoms with Crippen molar-refractivity contribution >= 4 is 5.78 Å². The summed E-state index contributed by atoms with van der Waals surface area (Å²) in [6.07, 6.45) is 12.8. The summed E-state index contributed by atoms with van der Waals surface area (Å²) in [5.74, 6) is 3.13. The molecule has 0 N–H and O–H groups in total. The van der Waals surface area contributed by atoms with Crippen LogP contribution >= 0.6 is 0 Å². The molecule has 0 saturated heterocycles. The molecular formula is C21H32O. The van der Waals surface area contributed by atoms with Crippen LogP contribution in [0.1, 0.15) is 79.1 Å². The highest BCUT2D eigenvalue weighted by atomic mass is 16.1. The molecule has 122 valence electrons. The third-order valence-corrected chi connectivity index (χ3v) is 8.49. The van der Waals surface area contributed by atoms with E-state index in [1.165, 1.54) is 44.1 Å². The summed E-state index contributed by atoms with van der Waals surface area (Å²) in [7, 11) is 0. The number of ketones is 1. The Morgan fingerprint density at radius 3 is 2.55 bits per heavy atom. The molecule has 5 atom stereocenters. The minimum atomic E-state index is -0.214. The van der Waals surface area contributed by atoms with Crippen molar-refractivity contribution in [3.05, 3.63) is 11.6 Å². The van der Waals surface area contributed by atoms with Crippen molar-refractivity contribution in [1.29, 1.82) is 0 Å². The first kappa shape index (κ1) is 15.0. The molecule has 0 aromatic carbocycles. The molecule has 0 heterocycles. The van der Waals surface area contributed by atoms with E-state index in [2.05, 4.69) is 33.8 Å². The van der Waals surface area contributed by atoms with Gasteiger partial charge in [0.05, 0.1) is 0 Å². The zero-order chi connectivity index (χ0) is 15.8. The van der Waals surface area contributed by atoms with Crippen molar-refractivity contribution in [2.45, 2.75) is 79.1 Å². The smallest absolute Gasteiger partial charge is 0.142 e. The van der Waals surface area contributed by atoms with Crippen LogP contribution in [0.2, 0.25) is 0 Å². The lowest BCUT2D eigenvalue weighted by Crippen LogP contribution is -2.52. The van der Waals surface area contributed by atoms with Gasteiger partial charge in [-0.05, 0) is 81.0 Å². The van der Waals surface area contributed by atoms with Crippen LogP contribution in [0.15, 0.2) is 11.6 Å². The van der Waals surface area contributed by atoms with Gasteiger partial charge in [-0.3, -0.25) is 4.79 Å². The quantitative estimate of drug-likeness (QED) is 0.536. The van der Waals surface area contributed by atoms with Crippen LogP contribution in [0.4, 0.5) is 0 Å². The Hall–Kier alpha value is -0.590. The van der Waals surface area contributed by atoms with Gasteiger partial charge in [0.1, 0.15) is 5.78 Å². The van der Waals surface area contributed by atoms with Crippen LogP contribution in [0, 0.1) is 34.0 Å². The molecule has 3 fully saturated rings. The van der Waals surface area contributed by atoms with Crippen molar-refractivity contribution in [2.75, 3.05) is 0 Å². The van der Waals surface area contributed by atoms with Crippen molar-refractivity contribution in [3.8, 4) is 0 Å². The average molecular weight is 300 g/mol. The first-order valence-electron chi connectivity index (χ1n) is 9.53. The lowest BCUT2D eigenvalue weighted by molar-refractivity contribution is -0.131. The zero-order valence-electron chi connectivity index (χ0n) is 14.9.